The van der Waals surface area contributed by atoms with Crippen LogP contribution in [0.2, 0.25) is 0 Å². The van der Waals surface area contributed by atoms with Crippen molar-refractivity contribution >= 4 is 28.2 Å². The Kier molecular flexibility index (Phi) is 5.60. The predicted molar refractivity (Wildman–Crippen MR) is 66.1 cm³/mol. The summed E-state index contributed by atoms with van der Waals surface area (Å²) in [6.07, 6.45) is 1.21. The van der Waals surface area contributed by atoms with Gasteiger partial charge in [0.15, 0.2) is 9.84 Å². The number of benzene rings is 1. The molecular weight excluding hydrogens is 266 g/mol. The van der Waals surface area contributed by atoms with Crippen LogP contribution in [0.5, 0.6) is 0 Å². The first-order valence-electron chi connectivity index (χ1n) is 4.58. The number of sulfone groups is 1. The van der Waals surface area contributed by atoms with Crippen molar-refractivity contribution in [3.63, 3.8) is 0 Å². The van der Waals surface area contributed by atoms with Crippen LogP contribution in [0.1, 0.15) is 5.56 Å². The summed E-state index contributed by atoms with van der Waals surface area (Å²) in [5.74, 6) is -1.11. The molecule has 0 spiro atoms. The molecule has 0 radical (unpaired) electrons. The van der Waals surface area contributed by atoms with Crippen molar-refractivity contribution < 1.29 is 18.3 Å². The Balaban J connectivity index is 0.00000256. The van der Waals surface area contributed by atoms with Gasteiger partial charge in [-0.3, -0.25) is 4.79 Å². The van der Waals surface area contributed by atoms with Gasteiger partial charge in [0.25, 0.3) is 0 Å². The molecule has 1 atom stereocenters. The Bertz CT molecular complexity index is 501. The van der Waals surface area contributed by atoms with E-state index < -0.39 is 21.8 Å². The van der Waals surface area contributed by atoms with E-state index in [0.29, 0.717) is 5.56 Å². The van der Waals surface area contributed by atoms with Crippen molar-refractivity contribution in [3.8, 4) is 0 Å². The maximum Gasteiger partial charge on any atom is 0.320 e. The van der Waals surface area contributed by atoms with Crippen LogP contribution in [-0.4, -0.2) is 31.8 Å². The molecule has 1 aromatic rings. The third-order valence-corrected chi connectivity index (χ3v) is 3.21. The lowest BCUT2D eigenvalue weighted by molar-refractivity contribution is -0.138. The van der Waals surface area contributed by atoms with Gasteiger partial charge in [0.05, 0.1) is 4.90 Å². The number of hydrogen-bond acceptors (Lipinski definition) is 4. The smallest absolute Gasteiger partial charge is 0.320 e. The van der Waals surface area contributed by atoms with Gasteiger partial charge in [-0.2, -0.15) is 0 Å². The molecule has 0 aromatic heterocycles. The monoisotopic (exact) mass is 279 g/mol. The number of halogens is 1. The van der Waals surface area contributed by atoms with E-state index in [1.165, 1.54) is 12.1 Å². The van der Waals surface area contributed by atoms with E-state index >= 15 is 0 Å². The van der Waals surface area contributed by atoms with Gasteiger partial charge in [0.1, 0.15) is 6.04 Å². The van der Waals surface area contributed by atoms with Gasteiger partial charge in [0, 0.05) is 6.26 Å². The minimum atomic E-state index is -3.27. The van der Waals surface area contributed by atoms with Gasteiger partial charge in [-0.25, -0.2) is 8.42 Å². The van der Waals surface area contributed by atoms with E-state index in [1.807, 2.05) is 0 Å². The molecule has 0 saturated carbocycles. The van der Waals surface area contributed by atoms with E-state index in [1.54, 1.807) is 12.1 Å². The molecule has 0 aliphatic rings. The van der Waals surface area contributed by atoms with Crippen LogP contribution in [0, 0.1) is 0 Å². The molecule has 0 aliphatic carbocycles. The first-order chi connectivity index (χ1) is 7.30. The SMILES string of the molecule is CS(=O)(=O)c1cccc(C[C@@H](N)C(=O)O)c1.Cl. The molecule has 7 heteroatoms. The molecule has 96 valence electrons. The Morgan fingerprint density at radius 1 is 1.47 bits per heavy atom. The van der Waals surface area contributed by atoms with E-state index in [9.17, 15) is 13.2 Å². The molecule has 1 rings (SSSR count). The Labute approximate surface area is 106 Å². The van der Waals surface area contributed by atoms with Crippen molar-refractivity contribution in [1.82, 2.24) is 0 Å². The highest BCUT2D eigenvalue weighted by Gasteiger charge is 2.13. The summed E-state index contributed by atoms with van der Waals surface area (Å²) in [5, 5.41) is 8.63. The minimum absolute atomic E-state index is 0. The van der Waals surface area contributed by atoms with Gasteiger partial charge >= 0.3 is 5.97 Å². The predicted octanol–water partition coefficient (Wildman–Crippen LogP) is 0.466. The number of nitrogens with two attached hydrogens (primary N) is 1. The van der Waals surface area contributed by atoms with Crippen LogP contribution < -0.4 is 5.73 Å². The molecule has 0 fully saturated rings. The van der Waals surface area contributed by atoms with Crippen molar-refractivity contribution in [3.05, 3.63) is 29.8 Å². The molecule has 5 nitrogen and oxygen atoms in total. The number of carbonyl (C=O) groups is 1. The van der Waals surface area contributed by atoms with Gasteiger partial charge in [-0.05, 0) is 24.1 Å². The lowest BCUT2D eigenvalue weighted by Crippen LogP contribution is -2.32. The quantitative estimate of drug-likeness (QED) is 0.835. The summed E-state index contributed by atoms with van der Waals surface area (Å²) in [6.45, 7) is 0. The molecular formula is C10H14ClNO4S. The Hall–Kier alpha value is -1.11. The average Bonchev–Trinajstić information content (AvgIpc) is 2.16. The van der Waals surface area contributed by atoms with E-state index in [4.69, 9.17) is 10.8 Å². The second-order valence-electron chi connectivity index (χ2n) is 3.57. The van der Waals surface area contributed by atoms with E-state index in [2.05, 4.69) is 0 Å². The standard InChI is InChI=1S/C10H13NO4S.ClH/c1-16(14,15)8-4-2-3-7(5-8)6-9(11)10(12)13;/h2-5,9H,6,11H2,1H3,(H,12,13);1H/t9-;/m1./s1. The van der Waals surface area contributed by atoms with Gasteiger partial charge in [0.2, 0.25) is 0 Å². The summed E-state index contributed by atoms with van der Waals surface area (Å²) in [4.78, 5) is 10.7. The fourth-order valence-corrected chi connectivity index (χ4v) is 1.94. The average molecular weight is 280 g/mol. The molecule has 0 saturated heterocycles. The van der Waals surface area contributed by atoms with Crippen LogP contribution in [-0.2, 0) is 21.1 Å². The fourth-order valence-electron chi connectivity index (χ4n) is 1.24. The van der Waals surface area contributed by atoms with Crippen LogP contribution in [0.3, 0.4) is 0 Å². The summed E-state index contributed by atoms with van der Waals surface area (Å²) in [5.41, 5.74) is 5.95. The van der Waals surface area contributed by atoms with Gasteiger partial charge in [-0.15, -0.1) is 12.4 Å². The first-order valence-corrected chi connectivity index (χ1v) is 6.47. The highest BCUT2D eigenvalue weighted by Crippen LogP contribution is 2.12. The normalized spacial score (nSPS) is 12.6. The topological polar surface area (TPSA) is 97.5 Å². The largest absolute Gasteiger partial charge is 0.480 e. The molecule has 17 heavy (non-hydrogen) atoms. The zero-order chi connectivity index (χ0) is 12.3. The molecule has 3 N–H and O–H groups in total. The van der Waals surface area contributed by atoms with Crippen LogP contribution in [0.15, 0.2) is 29.2 Å². The summed E-state index contributed by atoms with van der Waals surface area (Å²) in [6, 6.07) is 5.11. The zero-order valence-electron chi connectivity index (χ0n) is 9.16. The third-order valence-electron chi connectivity index (χ3n) is 2.10. The third kappa shape index (κ3) is 4.72. The molecule has 1 aromatic carbocycles. The molecule has 0 heterocycles. The van der Waals surface area contributed by atoms with Crippen LogP contribution >= 0.6 is 12.4 Å². The van der Waals surface area contributed by atoms with Crippen molar-refractivity contribution in [1.29, 1.82) is 0 Å². The van der Waals surface area contributed by atoms with Crippen LogP contribution in [0.4, 0.5) is 0 Å². The summed E-state index contributed by atoms with van der Waals surface area (Å²) in [7, 11) is -3.27. The van der Waals surface area contributed by atoms with Crippen LogP contribution in [0.25, 0.3) is 0 Å². The number of carboxylic acid groups (broad SMARTS) is 1. The Morgan fingerprint density at radius 3 is 2.53 bits per heavy atom. The Morgan fingerprint density at radius 2 is 2.06 bits per heavy atom. The maximum atomic E-state index is 11.3. The molecule has 0 aliphatic heterocycles. The molecule has 0 amide bonds. The second-order valence-corrected chi connectivity index (χ2v) is 5.58. The zero-order valence-corrected chi connectivity index (χ0v) is 10.8. The summed E-state index contributed by atoms with van der Waals surface area (Å²) < 4.78 is 22.5. The number of rotatable bonds is 4. The minimum Gasteiger partial charge on any atom is -0.480 e. The van der Waals surface area contributed by atoms with E-state index in [-0.39, 0.29) is 23.7 Å². The fraction of sp³-hybridized carbons (Fsp3) is 0.300. The van der Waals surface area contributed by atoms with Crippen molar-refractivity contribution in [2.24, 2.45) is 5.73 Å². The maximum absolute atomic E-state index is 11.3. The van der Waals surface area contributed by atoms with Crippen molar-refractivity contribution in [2.45, 2.75) is 17.4 Å². The van der Waals surface area contributed by atoms with Gasteiger partial charge in [-0.1, -0.05) is 12.1 Å². The molecule has 0 bridgehead atoms. The molecule has 0 unspecified atom stereocenters. The number of aliphatic carboxylic acids is 1. The highest BCUT2D eigenvalue weighted by atomic mass is 35.5. The number of hydrogen-bond donors (Lipinski definition) is 2. The lowest BCUT2D eigenvalue weighted by Gasteiger charge is -2.07. The highest BCUT2D eigenvalue weighted by molar-refractivity contribution is 7.90. The summed E-state index contributed by atoms with van der Waals surface area (Å²) >= 11 is 0. The number of carboxylic acids is 1. The second kappa shape index (κ2) is 6.00. The first kappa shape index (κ1) is 15.9. The lowest BCUT2D eigenvalue weighted by atomic mass is 10.1. The van der Waals surface area contributed by atoms with E-state index in [0.717, 1.165) is 6.26 Å². The van der Waals surface area contributed by atoms with Crippen molar-refractivity contribution in [2.75, 3.05) is 6.26 Å². The van der Waals surface area contributed by atoms with Gasteiger partial charge < -0.3 is 10.8 Å².